The van der Waals surface area contributed by atoms with Gasteiger partial charge in [-0.2, -0.15) is 0 Å². The van der Waals surface area contributed by atoms with E-state index in [1.54, 1.807) is 54.6 Å². The summed E-state index contributed by atoms with van der Waals surface area (Å²) in [5.41, 5.74) is 5.00. The van der Waals surface area contributed by atoms with Gasteiger partial charge in [0.25, 0.3) is 5.91 Å². The molecule has 0 aliphatic carbocycles. The Morgan fingerprint density at radius 2 is 1.46 bits per heavy atom. The summed E-state index contributed by atoms with van der Waals surface area (Å²) in [7, 11) is 0. The largest absolute Gasteiger partial charge is 0.355 e. The lowest BCUT2D eigenvalue weighted by atomic mass is 10.2. The number of nitrogens with one attached hydrogen (secondary N) is 1. The van der Waals surface area contributed by atoms with Gasteiger partial charge in [0.2, 0.25) is 0 Å². The monoisotopic (exact) mass is 371 g/mol. The first-order chi connectivity index (χ1) is 13.7. The van der Waals surface area contributed by atoms with Gasteiger partial charge in [0, 0.05) is 11.6 Å². The van der Waals surface area contributed by atoms with Crippen molar-refractivity contribution in [2.24, 2.45) is 10.2 Å². The number of nitrogens with zero attached hydrogens (tertiary/aromatic N) is 2. The summed E-state index contributed by atoms with van der Waals surface area (Å²) in [5.74, 6) is -0.942. The second-order valence-electron chi connectivity index (χ2n) is 5.69. The van der Waals surface area contributed by atoms with E-state index in [2.05, 4.69) is 15.7 Å². The zero-order valence-electron chi connectivity index (χ0n) is 14.9. The molecule has 3 aromatic rings. The van der Waals surface area contributed by atoms with E-state index in [9.17, 15) is 9.59 Å². The van der Waals surface area contributed by atoms with Gasteiger partial charge in [0.05, 0.1) is 11.4 Å². The molecule has 3 rings (SSSR count). The summed E-state index contributed by atoms with van der Waals surface area (Å²) in [6, 6.07) is 24.8. The molecule has 3 aromatic carbocycles. The molecule has 138 valence electrons. The highest BCUT2D eigenvalue weighted by Gasteiger charge is 2.03. The Kier molecular flexibility index (Phi) is 6.41. The smallest absolute Gasteiger partial charge is 0.339 e. The molecule has 0 unspecified atom stereocenters. The highest BCUT2D eigenvalue weighted by molar-refractivity contribution is 5.94. The molecule has 0 saturated heterocycles. The van der Waals surface area contributed by atoms with E-state index < -0.39 is 11.9 Å². The van der Waals surface area contributed by atoms with E-state index in [1.165, 1.54) is 6.08 Å². The maximum Gasteiger partial charge on any atom is 0.355 e. The third-order valence-corrected chi connectivity index (χ3v) is 3.63. The lowest BCUT2D eigenvalue weighted by Crippen LogP contribution is -2.07. The van der Waals surface area contributed by atoms with Crippen molar-refractivity contribution in [3.63, 3.8) is 0 Å². The van der Waals surface area contributed by atoms with Crippen LogP contribution in [0.25, 0.3) is 6.08 Å². The Labute approximate surface area is 162 Å². The minimum Gasteiger partial charge on any atom is -0.339 e. The molecule has 1 N–H and O–H groups in total. The van der Waals surface area contributed by atoms with Crippen molar-refractivity contribution >= 4 is 29.3 Å². The Bertz CT molecular complexity index is 983. The predicted molar refractivity (Wildman–Crippen MR) is 107 cm³/mol. The molecule has 0 heterocycles. The highest BCUT2D eigenvalue weighted by Crippen LogP contribution is 2.17. The van der Waals surface area contributed by atoms with Crippen LogP contribution in [0.4, 0.5) is 11.4 Å². The van der Waals surface area contributed by atoms with Crippen LogP contribution >= 0.6 is 0 Å². The lowest BCUT2D eigenvalue weighted by molar-refractivity contribution is -0.134. The summed E-state index contributed by atoms with van der Waals surface area (Å²) in [5, 5.41) is 7.60. The van der Waals surface area contributed by atoms with Crippen LogP contribution in [-0.4, -0.2) is 11.9 Å². The van der Waals surface area contributed by atoms with Gasteiger partial charge in [-0.25, -0.2) is 10.3 Å². The maximum atomic E-state index is 11.9. The molecule has 0 spiro atoms. The number of carbonyl (C=O) groups excluding carboxylic acids is 2. The Morgan fingerprint density at radius 3 is 2.14 bits per heavy atom. The van der Waals surface area contributed by atoms with Crippen LogP contribution in [0.15, 0.2) is 101 Å². The quantitative estimate of drug-likeness (QED) is 0.367. The third-order valence-electron chi connectivity index (χ3n) is 3.63. The lowest BCUT2D eigenvalue weighted by Gasteiger charge is -2.04. The summed E-state index contributed by atoms with van der Waals surface area (Å²) < 4.78 is 0. The van der Waals surface area contributed by atoms with Gasteiger partial charge < -0.3 is 4.84 Å². The fourth-order valence-electron chi connectivity index (χ4n) is 2.21. The molecule has 0 fully saturated rings. The number of benzene rings is 3. The van der Waals surface area contributed by atoms with Gasteiger partial charge in [-0.3, -0.25) is 4.79 Å². The second-order valence-corrected chi connectivity index (χ2v) is 5.69. The van der Waals surface area contributed by atoms with E-state index in [-0.39, 0.29) is 0 Å². The Morgan fingerprint density at radius 1 is 0.821 bits per heavy atom. The van der Waals surface area contributed by atoms with Crippen LogP contribution in [0.3, 0.4) is 0 Å². The summed E-state index contributed by atoms with van der Waals surface area (Å²) in [6.45, 7) is 0. The van der Waals surface area contributed by atoms with Crippen molar-refractivity contribution in [1.29, 1.82) is 0 Å². The van der Waals surface area contributed by atoms with E-state index >= 15 is 0 Å². The number of hydrogen-bond acceptors (Lipinski definition) is 5. The average Bonchev–Trinajstić information content (AvgIpc) is 2.76. The molecule has 6 heteroatoms. The Balaban J connectivity index is 1.50. The Hall–Kier alpha value is -4.06. The minimum atomic E-state index is -0.527. The molecule has 0 aromatic heterocycles. The van der Waals surface area contributed by atoms with Gasteiger partial charge in [0.15, 0.2) is 0 Å². The third kappa shape index (κ3) is 5.74. The summed E-state index contributed by atoms with van der Waals surface area (Å²) >= 11 is 0. The SMILES string of the molecule is O=C(C=Cc1ccccc1)ONc1ccc(N=NC(=O)c2ccccc2)cc1. The van der Waals surface area contributed by atoms with E-state index in [0.717, 1.165) is 5.56 Å². The summed E-state index contributed by atoms with van der Waals surface area (Å²) in [4.78, 5) is 28.6. The first-order valence-electron chi connectivity index (χ1n) is 8.52. The van der Waals surface area contributed by atoms with Crippen LogP contribution in [0, 0.1) is 0 Å². The standard InChI is InChI=1S/C22H17N3O3/c26-21(16-11-17-7-3-1-4-8-17)28-25-20-14-12-19(13-15-20)23-24-22(27)18-9-5-2-6-10-18/h1-16,25H. The van der Waals surface area contributed by atoms with Crippen molar-refractivity contribution in [2.75, 3.05) is 5.48 Å². The molecule has 0 radical (unpaired) electrons. The zero-order valence-corrected chi connectivity index (χ0v) is 14.9. The fraction of sp³-hybridized carbons (Fsp3) is 0. The maximum absolute atomic E-state index is 11.9. The first kappa shape index (κ1) is 18.7. The van der Waals surface area contributed by atoms with E-state index in [4.69, 9.17) is 4.84 Å². The predicted octanol–water partition coefficient (Wildman–Crippen LogP) is 5.19. The van der Waals surface area contributed by atoms with Crippen LogP contribution in [0.5, 0.6) is 0 Å². The molecule has 1 amide bonds. The van der Waals surface area contributed by atoms with Crippen LogP contribution in [0.1, 0.15) is 15.9 Å². The number of rotatable bonds is 6. The van der Waals surface area contributed by atoms with Crippen molar-refractivity contribution in [3.8, 4) is 0 Å². The van der Waals surface area contributed by atoms with E-state index in [0.29, 0.717) is 16.9 Å². The van der Waals surface area contributed by atoms with Crippen molar-refractivity contribution in [3.05, 3.63) is 102 Å². The van der Waals surface area contributed by atoms with Crippen LogP contribution < -0.4 is 5.48 Å². The molecular formula is C22H17N3O3. The van der Waals surface area contributed by atoms with Crippen LogP contribution in [0.2, 0.25) is 0 Å². The molecule has 6 nitrogen and oxygen atoms in total. The molecule has 28 heavy (non-hydrogen) atoms. The van der Waals surface area contributed by atoms with Gasteiger partial charge in [-0.1, -0.05) is 48.5 Å². The van der Waals surface area contributed by atoms with Crippen molar-refractivity contribution in [1.82, 2.24) is 0 Å². The topological polar surface area (TPSA) is 80.1 Å². The second kappa shape index (κ2) is 9.59. The minimum absolute atomic E-state index is 0.415. The van der Waals surface area contributed by atoms with E-state index in [1.807, 2.05) is 36.4 Å². The normalized spacial score (nSPS) is 10.9. The summed E-state index contributed by atoms with van der Waals surface area (Å²) in [6.07, 6.45) is 3.00. The van der Waals surface area contributed by atoms with Crippen molar-refractivity contribution in [2.45, 2.75) is 0 Å². The molecule has 0 atom stereocenters. The molecular weight excluding hydrogens is 354 g/mol. The molecule has 0 bridgehead atoms. The first-order valence-corrected chi connectivity index (χ1v) is 8.52. The average molecular weight is 371 g/mol. The highest BCUT2D eigenvalue weighted by atomic mass is 16.7. The molecule has 0 aliphatic rings. The van der Waals surface area contributed by atoms with Crippen LogP contribution in [-0.2, 0) is 9.63 Å². The fourth-order valence-corrected chi connectivity index (χ4v) is 2.21. The van der Waals surface area contributed by atoms with Gasteiger partial charge in [0.1, 0.15) is 0 Å². The van der Waals surface area contributed by atoms with Gasteiger partial charge >= 0.3 is 5.97 Å². The number of azo groups is 1. The number of hydrogen-bond donors (Lipinski definition) is 1. The van der Waals surface area contributed by atoms with Gasteiger partial charge in [-0.15, -0.1) is 10.2 Å². The van der Waals surface area contributed by atoms with Gasteiger partial charge in [-0.05, 0) is 48.0 Å². The number of anilines is 1. The molecule has 0 saturated carbocycles. The zero-order chi connectivity index (χ0) is 19.6. The number of carbonyl (C=O) groups is 2. The number of amides is 1. The van der Waals surface area contributed by atoms with Crippen molar-refractivity contribution < 1.29 is 14.4 Å². The molecule has 0 aliphatic heterocycles.